The second kappa shape index (κ2) is 1.94. The van der Waals surface area contributed by atoms with E-state index in [0.717, 1.165) is 16.8 Å². The van der Waals surface area contributed by atoms with Gasteiger partial charge < -0.3 is 4.98 Å². The van der Waals surface area contributed by atoms with Crippen molar-refractivity contribution < 1.29 is 0 Å². The molecule has 2 nitrogen and oxygen atoms in total. The van der Waals surface area contributed by atoms with Gasteiger partial charge in [0, 0.05) is 11.9 Å². The van der Waals surface area contributed by atoms with Crippen molar-refractivity contribution in [2.75, 3.05) is 0 Å². The van der Waals surface area contributed by atoms with Gasteiger partial charge in [-0.15, -0.1) is 0 Å². The first kappa shape index (κ1) is 5.90. The molecule has 0 unspecified atom stereocenters. The Morgan fingerprint density at radius 2 is 2.22 bits per heavy atom. The second-order valence-electron chi connectivity index (χ2n) is 2.08. The van der Waals surface area contributed by atoms with Crippen LogP contribution in [0.5, 0.6) is 0 Å². The Labute approximate surface area is 54.1 Å². The molecule has 1 aromatic heterocycles. The molecule has 2 heteroatoms. The molecule has 0 saturated heterocycles. The van der Waals surface area contributed by atoms with E-state index in [1.807, 2.05) is 20.0 Å². The molecule has 1 aromatic rings. The Balaban J connectivity index is 3.27. The topological polar surface area (TPSA) is 39.6 Å². The molecule has 46 valence electrons. The summed E-state index contributed by atoms with van der Waals surface area (Å²) in [5, 5.41) is 8.52. The minimum absolute atomic E-state index is 0.773. The third-order valence-electron chi connectivity index (χ3n) is 1.39. The maximum absolute atomic E-state index is 8.52. The van der Waals surface area contributed by atoms with E-state index in [2.05, 4.69) is 11.1 Å². The predicted molar refractivity (Wildman–Crippen MR) is 35.0 cm³/mol. The lowest BCUT2D eigenvalue weighted by atomic mass is 10.2. The maximum atomic E-state index is 8.52. The normalized spacial score (nSPS) is 9.00. The highest BCUT2D eigenvalue weighted by molar-refractivity contribution is 5.39. The van der Waals surface area contributed by atoms with Gasteiger partial charge in [-0.1, -0.05) is 0 Å². The summed E-state index contributed by atoms with van der Waals surface area (Å²) in [6, 6.07) is 2.11. The Kier molecular flexibility index (Phi) is 1.27. The quantitative estimate of drug-likeness (QED) is 0.553. The predicted octanol–water partition coefficient (Wildman–Crippen LogP) is 1.50. The molecule has 1 rings (SSSR count). The average Bonchev–Trinajstić information content (AvgIpc) is 2.12. The molecule has 0 aromatic carbocycles. The van der Waals surface area contributed by atoms with Gasteiger partial charge in [0.25, 0.3) is 0 Å². The number of aromatic nitrogens is 1. The van der Waals surface area contributed by atoms with Crippen molar-refractivity contribution in [3.05, 3.63) is 23.0 Å². The minimum atomic E-state index is 0.773. The summed E-state index contributed by atoms with van der Waals surface area (Å²) >= 11 is 0. The van der Waals surface area contributed by atoms with Gasteiger partial charge in [-0.25, -0.2) is 0 Å². The largest absolute Gasteiger partial charge is 0.364 e. The van der Waals surface area contributed by atoms with E-state index in [1.54, 1.807) is 0 Å². The molecular weight excluding hydrogens is 112 g/mol. The van der Waals surface area contributed by atoms with E-state index < -0.39 is 0 Å². The van der Waals surface area contributed by atoms with Crippen molar-refractivity contribution in [3.63, 3.8) is 0 Å². The van der Waals surface area contributed by atoms with Crippen LogP contribution in [0.4, 0.5) is 0 Å². The van der Waals surface area contributed by atoms with E-state index in [0.29, 0.717) is 0 Å². The number of hydrogen-bond acceptors (Lipinski definition) is 1. The van der Waals surface area contributed by atoms with Crippen LogP contribution in [0.3, 0.4) is 0 Å². The van der Waals surface area contributed by atoms with Crippen molar-refractivity contribution in [2.24, 2.45) is 0 Å². The van der Waals surface area contributed by atoms with Crippen LogP contribution in [-0.4, -0.2) is 4.98 Å². The van der Waals surface area contributed by atoms with Crippen LogP contribution in [0.25, 0.3) is 0 Å². The molecule has 0 aliphatic heterocycles. The van der Waals surface area contributed by atoms with E-state index in [4.69, 9.17) is 5.26 Å². The van der Waals surface area contributed by atoms with Gasteiger partial charge in [0.05, 0.1) is 5.56 Å². The SMILES string of the molecule is Cc1c[nH]c(C)c1C#N. The van der Waals surface area contributed by atoms with E-state index in [-0.39, 0.29) is 0 Å². The Hall–Kier alpha value is -1.23. The first-order chi connectivity index (χ1) is 4.25. The molecule has 1 N–H and O–H groups in total. The first-order valence-corrected chi connectivity index (χ1v) is 2.80. The number of nitrogens with one attached hydrogen (secondary N) is 1. The molecule has 0 bridgehead atoms. The molecule has 1 heterocycles. The Bertz CT molecular complexity index is 233. The summed E-state index contributed by atoms with van der Waals surface area (Å²) in [4.78, 5) is 2.97. The molecule has 0 saturated carbocycles. The molecule has 0 aliphatic carbocycles. The highest BCUT2D eigenvalue weighted by Crippen LogP contribution is 2.08. The van der Waals surface area contributed by atoms with Crippen LogP contribution in [0.1, 0.15) is 16.8 Å². The fourth-order valence-corrected chi connectivity index (χ4v) is 0.829. The monoisotopic (exact) mass is 120 g/mol. The lowest BCUT2D eigenvalue weighted by molar-refractivity contribution is 1.25. The zero-order chi connectivity index (χ0) is 6.85. The lowest BCUT2D eigenvalue weighted by Crippen LogP contribution is -1.75. The molecule has 0 radical (unpaired) electrons. The fourth-order valence-electron chi connectivity index (χ4n) is 0.829. The summed E-state index contributed by atoms with van der Waals surface area (Å²) < 4.78 is 0. The molecule has 0 atom stereocenters. The number of H-pyrrole nitrogens is 1. The lowest BCUT2D eigenvalue weighted by Gasteiger charge is -1.83. The van der Waals surface area contributed by atoms with Crippen molar-refractivity contribution in [1.29, 1.82) is 5.26 Å². The summed E-state index contributed by atoms with van der Waals surface area (Å²) in [6.07, 6.45) is 1.84. The number of aryl methyl sites for hydroxylation is 2. The van der Waals surface area contributed by atoms with Crippen LogP contribution in [0.2, 0.25) is 0 Å². The van der Waals surface area contributed by atoms with Crippen LogP contribution in [0, 0.1) is 25.2 Å². The van der Waals surface area contributed by atoms with Gasteiger partial charge in [0.2, 0.25) is 0 Å². The zero-order valence-electron chi connectivity index (χ0n) is 5.52. The van der Waals surface area contributed by atoms with E-state index in [1.165, 1.54) is 0 Å². The summed E-state index contributed by atoms with van der Waals surface area (Å²) in [7, 11) is 0. The van der Waals surface area contributed by atoms with Crippen LogP contribution >= 0.6 is 0 Å². The standard InChI is InChI=1S/C7H8N2/c1-5-4-9-6(2)7(5)3-8/h4,9H,1-2H3. The second-order valence-corrected chi connectivity index (χ2v) is 2.08. The van der Waals surface area contributed by atoms with E-state index in [9.17, 15) is 0 Å². The molecule has 0 fully saturated rings. The summed E-state index contributed by atoms with van der Waals surface area (Å²) in [6.45, 7) is 3.81. The van der Waals surface area contributed by atoms with Gasteiger partial charge in [-0.05, 0) is 19.4 Å². The number of nitriles is 1. The van der Waals surface area contributed by atoms with Crippen molar-refractivity contribution in [2.45, 2.75) is 13.8 Å². The van der Waals surface area contributed by atoms with Gasteiger partial charge in [-0.2, -0.15) is 5.26 Å². The molecule has 0 spiro atoms. The zero-order valence-corrected chi connectivity index (χ0v) is 5.52. The fraction of sp³-hybridized carbons (Fsp3) is 0.286. The van der Waals surface area contributed by atoms with Crippen molar-refractivity contribution in [1.82, 2.24) is 4.98 Å². The smallest absolute Gasteiger partial charge is 0.101 e. The van der Waals surface area contributed by atoms with Gasteiger partial charge in [-0.3, -0.25) is 0 Å². The number of aromatic amines is 1. The number of rotatable bonds is 0. The van der Waals surface area contributed by atoms with Crippen molar-refractivity contribution >= 4 is 0 Å². The van der Waals surface area contributed by atoms with Crippen LogP contribution in [-0.2, 0) is 0 Å². The maximum Gasteiger partial charge on any atom is 0.101 e. The minimum Gasteiger partial charge on any atom is -0.364 e. The first-order valence-electron chi connectivity index (χ1n) is 2.80. The molecule has 0 amide bonds. The summed E-state index contributed by atoms with van der Waals surface area (Å²) in [5.41, 5.74) is 2.75. The van der Waals surface area contributed by atoms with Gasteiger partial charge in [0.15, 0.2) is 0 Å². The molecule has 0 aliphatic rings. The van der Waals surface area contributed by atoms with Crippen LogP contribution in [0.15, 0.2) is 6.20 Å². The summed E-state index contributed by atoms with van der Waals surface area (Å²) in [5.74, 6) is 0. The average molecular weight is 120 g/mol. The molecular formula is C7H8N2. The third kappa shape index (κ3) is 0.812. The van der Waals surface area contributed by atoms with Gasteiger partial charge >= 0.3 is 0 Å². The number of hydrogen-bond donors (Lipinski definition) is 1. The van der Waals surface area contributed by atoms with Gasteiger partial charge in [0.1, 0.15) is 6.07 Å². The third-order valence-corrected chi connectivity index (χ3v) is 1.39. The Morgan fingerprint density at radius 3 is 2.44 bits per heavy atom. The van der Waals surface area contributed by atoms with Crippen LogP contribution < -0.4 is 0 Å². The van der Waals surface area contributed by atoms with Crippen molar-refractivity contribution in [3.8, 4) is 6.07 Å². The Morgan fingerprint density at radius 1 is 1.56 bits per heavy atom. The number of nitrogens with zero attached hydrogens (tertiary/aromatic N) is 1. The molecule has 9 heavy (non-hydrogen) atoms. The highest BCUT2D eigenvalue weighted by atomic mass is 14.7. The van der Waals surface area contributed by atoms with E-state index >= 15 is 0 Å². The highest BCUT2D eigenvalue weighted by Gasteiger charge is 2.00.